The maximum atomic E-state index is 12.0. The number of nitrogens with one attached hydrogen (secondary N) is 2. The zero-order valence-electron chi connectivity index (χ0n) is 11.7. The summed E-state index contributed by atoms with van der Waals surface area (Å²) in [6.45, 7) is 4.05. The Labute approximate surface area is 126 Å². The molecule has 106 valence electrons. The van der Waals surface area contributed by atoms with E-state index < -0.39 is 0 Å². The van der Waals surface area contributed by atoms with Gasteiger partial charge < -0.3 is 10.6 Å². The van der Waals surface area contributed by atoms with Crippen LogP contribution in [0.1, 0.15) is 11.1 Å². The predicted octanol–water partition coefficient (Wildman–Crippen LogP) is 3.95. The third-order valence-corrected chi connectivity index (χ3v) is 3.83. The molecular weight excluding hydrogens is 284 g/mol. The molecule has 2 amide bonds. The van der Waals surface area contributed by atoms with Crippen molar-refractivity contribution in [2.24, 2.45) is 0 Å². The van der Waals surface area contributed by atoms with E-state index >= 15 is 0 Å². The Morgan fingerprint density at radius 2 is 1.57 bits per heavy atom. The van der Waals surface area contributed by atoms with Gasteiger partial charge in [-0.05, 0) is 55.3 Å². The van der Waals surface area contributed by atoms with E-state index in [9.17, 15) is 4.79 Å². The zero-order chi connectivity index (χ0) is 14.8. The second kappa shape index (κ2) is 5.49. The first-order chi connectivity index (χ1) is 10.1. The van der Waals surface area contributed by atoms with E-state index in [1.54, 1.807) is 6.07 Å². The SMILES string of the molecule is Cc1ccc(NC(=O)Nc2ccc3nsnc3c2)cc1C. The quantitative estimate of drug-likeness (QED) is 0.752. The molecule has 3 aromatic rings. The molecule has 0 saturated carbocycles. The molecule has 3 rings (SSSR count). The van der Waals surface area contributed by atoms with E-state index in [2.05, 4.69) is 19.4 Å². The molecule has 0 saturated heterocycles. The van der Waals surface area contributed by atoms with Crippen LogP contribution in [0.25, 0.3) is 11.0 Å². The van der Waals surface area contributed by atoms with Gasteiger partial charge in [0.05, 0.1) is 11.7 Å². The van der Waals surface area contributed by atoms with Gasteiger partial charge >= 0.3 is 6.03 Å². The third kappa shape index (κ3) is 3.00. The van der Waals surface area contributed by atoms with Gasteiger partial charge in [-0.3, -0.25) is 0 Å². The Morgan fingerprint density at radius 3 is 2.33 bits per heavy atom. The van der Waals surface area contributed by atoms with Crippen molar-refractivity contribution < 1.29 is 4.79 Å². The van der Waals surface area contributed by atoms with E-state index in [4.69, 9.17) is 0 Å². The molecule has 0 unspecified atom stereocenters. The number of fused-ring (bicyclic) bond motifs is 1. The highest BCUT2D eigenvalue weighted by Gasteiger charge is 2.05. The standard InChI is InChI=1S/C15H14N4OS/c1-9-3-4-11(7-10(9)2)16-15(20)17-12-5-6-13-14(8-12)19-21-18-13/h3-8H,1-2H3,(H2,16,17,20). The van der Waals surface area contributed by atoms with E-state index in [1.807, 2.05) is 44.2 Å². The van der Waals surface area contributed by atoms with Crippen LogP contribution in [0.5, 0.6) is 0 Å². The highest BCUT2D eigenvalue weighted by Crippen LogP contribution is 2.18. The molecular formula is C15H14N4OS. The number of benzene rings is 2. The van der Waals surface area contributed by atoms with Gasteiger partial charge in [-0.25, -0.2) is 4.79 Å². The van der Waals surface area contributed by atoms with Crippen LogP contribution in [0, 0.1) is 13.8 Å². The number of hydrogen-bond acceptors (Lipinski definition) is 4. The normalized spacial score (nSPS) is 10.6. The van der Waals surface area contributed by atoms with E-state index in [0.717, 1.165) is 34.0 Å². The summed E-state index contributed by atoms with van der Waals surface area (Å²) in [6, 6.07) is 11.0. The summed E-state index contributed by atoms with van der Waals surface area (Å²) in [6.07, 6.45) is 0. The summed E-state index contributed by atoms with van der Waals surface area (Å²) in [5.74, 6) is 0. The molecule has 0 aliphatic rings. The lowest BCUT2D eigenvalue weighted by molar-refractivity contribution is 0.262. The molecule has 1 aromatic heterocycles. The van der Waals surface area contributed by atoms with Crippen molar-refractivity contribution in [2.45, 2.75) is 13.8 Å². The lowest BCUT2D eigenvalue weighted by Gasteiger charge is -2.09. The monoisotopic (exact) mass is 298 g/mol. The minimum Gasteiger partial charge on any atom is -0.308 e. The summed E-state index contributed by atoms with van der Waals surface area (Å²) < 4.78 is 8.28. The smallest absolute Gasteiger partial charge is 0.308 e. The van der Waals surface area contributed by atoms with Crippen molar-refractivity contribution in [2.75, 3.05) is 10.6 Å². The molecule has 0 fully saturated rings. The predicted molar refractivity (Wildman–Crippen MR) is 86.0 cm³/mol. The maximum Gasteiger partial charge on any atom is 0.323 e. The van der Waals surface area contributed by atoms with Gasteiger partial charge in [0.15, 0.2) is 0 Å². The number of anilines is 2. The van der Waals surface area contributed by atoms with Gasteiger partial charge in [-0.15, -0.1) is 0 Å². The van der Waals surface area contributed by atoms with Gasteiger partial charge in [0.2, 0.25) is 0 Å². The molecule has 1 heterocycles. The summed E-state index contributed by atoms with van der Waals surface area (Å²) >= 11 is 1.16. The Balaban J connectivity index is 1.71. The first-order valence-electron chi connectivity index (χ1n) is 6.49. The van der Waals surface area contributed by atoms with E-state index in [0.29, 0.717) is 5.69 Å². The van der Waals surface area contributed by atoms with Crippen molar-refractivity contribution in [1.82, 2.24) is 8.75 Å². The van der Waals surface area contributed by atoms with Crippen LogP contribution in [0.15, 0.2) is 36.4 Å². The number of aromatic nitrogens is 2. The van der Waals surface area contributed by atoms with Crippen molar-refractivity contribution in [3.05, 3.63) is 47.5 Å². The largest absolute Gasteiger partial charge is 0.323 e. The first-order valence-corrected chi connectivity index (χ1v) is 7.22. The second-order valence-corrected chi connectivity index (χ2v) is 5.37. The average molecular weight is 298 g/mol. The van der Waals surface area contributed by atoms with E-state index in [1.165, 1.54) is 5.56 Å². The van der Waals surface area contributed by atoms with Crippen molar-refractivity contribution in [3.8, 4) is 0 Å². The molecule has 0 aliphatic carbocycles. The Hall–Kier alpha value is -2.47. The van der Waals surface area contributed by atoms with Crippen molar-refractivity contribution in [1.29, 1.82) is 0 Å². The molecule has 5 nitrogen and oxygen atoms in total. The van der Waals surface area contributed by atoms with Crippen LogP contribution >= 0.6 is 11.7 Å². The Morgan fingerprint density at radius 1 is 0.905 bits per heavy atom. The number of carbonyl (C=O) groups excluding carboxylic acids is 1. The summed E-state index contributed by atoms with van der Waals surface area (Å²) in [5.41, 5.74) is 5.41. The van der Waals surface area contributed by atoms with Gasteiger partial charge in [0.1, 0.15) is 11.0 Å². The Kier molecular flexibility index (Phi) is 3.53. The second-order valence-electron chi connectivity index (χ2n) is 4.85. The van der Waals surface area contributed by atoms with Gasteiger partial charge in [-0.2, -0.15) is 8.75 Å². The minimum absolute atomic E-state index is 0.277. The van der Waals surface area contributed by atoms with Gasteiger partial charge in [0, 0.05) is 11.4 Å². The molecule has 0 aliphatic heterocycles. The molecule has 2 aromatic carbocycles. The zero-order valence-corrected chi connectivity index (χ0v) is 12.5. The fourth-order valence-electron chi connectivity index (χ4n) is 1.97. The number of urea groups is 1. The number of rotatable bonds is 2. The number of carbonyl (C=O) groups is 1. The van der Waals surface area contributed by atoms with Crippen molar-refractivity contribution in [3.63, 3.8) is 0 Å². The third-order valence-electron chi connectivity index (χ3n) is 3.28. The fraction of sp³-hybridized carbons (Fsp3) is 0.133. The summed E-state index contributed by atoms with van der Waals surface area (Å²) in [4.78, 5) is 12.0. The molecule has 0 bridgehead atoms. The number of amides is 2. The summed E-state index contributed by atoms with van der Waals surface area (Å²) in [7, 11) is 0. The van der Waals surface area contributed by atoms with Crippen molar-refractivity contribution >= 4 is 40.2 Å². The highest BCUT2D eigenvalue weighted by molar-refractivity contribution is 7.00. The van der Waals surface area contributed by atoms with Crippen LogP contribution in [0.4, 0.5) is 16.2 Å². The molecule has 0 atom stereocenters. The van der Waals surface area contributed by atoms with E-state index in [-0.39, 0.29) is 6.03 Å². The first kappa shape index (κ1) is 13.5. The van der Waals surface area contributed by atoms with Gasteiger partial charge in [0.25, 0.3) is 0 Å². The summed E-state index contributed by atoms with van der Waals surface area (Å²) in [5, 5.41) is 5.61. The molecule has 0 spiro atoms. The Bertz CT molecular complexity index is 812. The highest BCUT2D eigenvalue weighted by atomic mass is 32.1. The van der Waals surface area contributed by atoms with Crippen LogP contribution in [0.2, 0.25) is 0 Å². The van der Waals surface area contributed by atoms with Crippen LogP contribution < -0.4 is 10.6 Å². The lowest BCUT2D eigenvalue weighted by atomic mass is 10.1. The maximum absolute atomic E-state index is 12.0. The lowest BCUT2D eigenvalue weighted by Crippen LogP contribution is -2.19. The van der Waals surface area contributed by atoms with Crippen LogP contribution in [-0.4, -0.2) is 14.8 Å². The van der Waals surface area contributed by atoms with Gasteiger partial charge in [-0.1, -0.05) is 6.07 Å². The molecule has 2 N–H and O–H groups in total. The molecule has 21 heavy (non-hydrogen) atoms. The number of nitrogens with zero attached hydrogens (tertiary/aromatic N) is 2. The average Bonchev–Trinajstić information content (AvgIpc) is 2.90. The van der Waals surface area contributed by atoms with Crippen LogP contribution in [0.3, 0.4) is 0 Å². The van der Waals surface area contributed by atoms with Crippen LogP contribution in [-0.2, 0) is 0 Å². The topological polar surface area (TPSA) is 66.9 Å². The number of aryl methyl sites for hydroxylation is 2. The minimum atomic E-state index is -0.277. The molecule has 0 radical (unpaired) electrons. The fourth-order valence-corrected chi connectivity index (χ4v) is 2.49. The number of hydrogen-bond donors (Lipinski definition) is 2. The molecule has 6 heteroatoms.